The van der Waals surface area contributed by atoms with Gasteiger partial charge in [-0.3, -0.25) is 4.99 Å². The third kappa shape index (κ3) is 28.9. The molecule has 63 heavy (non-hydrogen) atoms. The molecule has 5 heteroatoms. The first-order chi connectivity index (χ1) is 30.4. The molecule has 0 atom stereocenters. The van der Waals surface area contributed by atoms with Crippen molar-refractivity contribution in [2.75, 3.05) is 0 Å². The maximum Gasteiger partial charge on any atom is 2.00 e. The summed E-state index contributed by atoms with van der Waals surface area (Å²) in [4.78, 5) is 10.3. The minimum absolute atomic E-state index is 0. The van der Waals surface area contributed by atoms with Crippen LogP contribution < -0.4 is 10.2 Å². The van der Waals surface area contributed by atoms with Gasteiger partial charge in [-0.1, -0.05) is 230 Å². The van der Waals surface area contributed by atoms with E-state index in [1.807, 2.05) is 6.92 Å². The van der Waals surface area contributed by atoms with Crippen LogP contribution in [0.15, 0.2) is 76.7 Å². The van der Waals surface area contributed by atoms with E-state index < -0.39 is 5.75 Å². The predicted molar refractivity (Wildman–Crippen MR) is 269 cm³/mol. The van der Waals surface area contributed by atoms with Gasteiger partial charge in [-0.05, 0) is 92.7 Å². The van der Waals surface area contributed by atoms with Crippen LogP contribution in [-0.2, 0) is 35.8 Å². The fraction of sp³-hybridized carbons (Fsp3) is 0.621. The summed E-state index contributed by atoms with van der Waals surface area (Å²) in [7, 11) is 0. The number of nitrogens with zero attached hydrogens (tertiary/aromatic N) is 2. The number of aliphatic imine (C=N–C) groups is 2. The average Bonchev–Trinajstić information content (AvgIpc) is 3.29. The van der Waals surface area contributed by atoms with Gasteiger partial charge in [0, 0.05) is 6.42 Å². The number of benzene rings is 3. The molecule has 3 rings (SSSR count). The largest absolute Gasteiger partial charge is 2.00 e. The van der Waals surface area contributed by atoms with Crippen molar-refractivity contribution in [2.24, 2.45) is 9.98 Å². The molecule has 352 valence electrons. The molecule has 3 aromatic carbocycles. The molecule has 0 radical (unpaired) electrons. The zero-order chi connectivity index (χ0) is 44.7. The van der Waals surface area contributed by atoms with Crippen LogP contribution in [0.4, 0.5) is 11.4 Å². The molecule has 0 unspecified atom stereocenters. The summed E-state index contributed by atoms with van der Waals surface area (Å²) < 4.78 is 0. The van der Waals surface area contributed by atoms with Crippen LogP contribution in [0.2, 0.25) is 0 Å². The fourth-order valence-corrected chi connectivity index (χ4v) is 7.73. The number of hydrogen-bond donors (Lipinski definition) is 0. The van der Waals surface area contributed by atoms with E-state index in [0.29, 0.717) is 12.0 Å². The van der Waals surface area contributed by atoms with Gasteiger partial charge in [-0.2, -0.15) is 0 Å². The van der Waals surface area contributed by atoms with Crippen molar-refractivity contribution in [1.29, 1.82) is 0 Å². The molecule has 0 aliphatic carbocycles. The minimum Gasteiger partial charge on any atom is -0.873 e. The first-order valence-corrected chi connectivity index (χ1v) is 25.7. The van der Waals surface area contributed by atoms with Crippen molar-refractivity contribution in [1.82, 2.24) is 0 Å². The van der Waals surface area contributed by atoms with Crippen molar-refractivity contribution in [3.05, 3.63) is 83.4 Å². The number of aryl methyl sites for hydroxylation is 3. The van der Waals surface area contributed by atoms with Crippen LogP contribution in [0.5, 0.6) is 11.5 Å². The van der Waals surface area contributed by atoms with Gasteiger partial charge in [-0.15, -0.1) is 11.5 Å². The molecule has 0 saturated heterocycles. The number of unbranched alkanes of at least 4 members (excludes halogenated alkanes) is 23. The normalized spacial score (nSPS) is 11.4. The average molecular weight is 904 g/mol. The van der Waals surface area contributed by atoms with Crippen LogP contribution in [0.25, 0.3) is 0 Å². The number of hydrogen-bond acceptors (Lipinski definition) is 4. The third-order valence-electron chi connectivity index (χ3n) is 11.9. The zero-order valence-electron chi connectivity index (χ0n) is 40.8. The molecule has 0 aromatic heterocycles. The molecule has 0 aliphatic rings. The molecule has 0 aliphatic heterocycles. The molecule has 0 N–H and O–H groups in total. The van der Waals surface area contributed by atoms with E-state index in [9.17, 15) is 10.2 Å². The van der Waals surface area contributed by atoms with E-state index in [0.717, 1.165) is 54.9 Å². The Morgan fingerprint density at radius 2 is 0.873 bits per heavy atom. The van der Waals surface area contributed by atoms with Gasteiger partial charge in [0.25, 0.3) is 0 Å². The van der Waals surface area contributed by atoms with Crippen LogP contribution in [0, 0.1) is 11.8 Å². The summed E-state index contributed by atoms with van der Waals surface area (Å²) in [6, 6.07) is 22.2. The van der Waals surface area contributed by atoms with E-state index in [-0.39, 0.29) is 22.2 Å². The van der Waals surface area contributed by atoms with Crippen molar-refractivity contribution < 1.29 is 26.7 Å². The monoisotopic (exact) mass is 903 g/mol. The Kier molecular flexibility index (Phi) is 36.8. The van der Waals surface area contributed by atoms with Crippen LogP contribution in [0.3, 0.4) is 0 Å². The van der Waals surface area contributed by atoms with E-state index >= 15 is 0 Å². The molecule has 0 heterocycles. The summed E-state index contributed by atoms with van der Waals surface area (Å²) in [5, 5.41) is 21.6. The van der Waals surface area contributed by atoms with E-state index in [4.69, 9.17) is 9.98 Å². The smallest absolute Gasteiger partial charge is 0.873 e. The molecule has 0 saturated carbocycles. The van der Waals surface area contributed by atoms with Crippen molar-refractivity contribution >= 4 is 22.8 Å². The van der Waals surface area contributed by atoms with Crippen LogP contribution in [0.1, 0.15) is 231 Å². The summed E-state index contributed by atoms with van der Waals surface area (Å²) in [6.45, 7) is 10.9. The van der Waals surface area contributed by atoms with Crippen LogP contribution in [-0.4, -0.2) is 11.4 Å². The number of para-hydroxylation sites is 1. The second-order valence-electron chi connectivity index (χ2n) is 17.5. The van der Waals surface area contributed by atoms with Gasteiger partial charge in [0.05, 0.1) is 17.1 Å². The molecule has 0 fully saturated rings. The Morgan fingerprint density at radius 3 is 1.30 bits per heavy atom. The van der Waals surface area contributed by atoms with Gasteiger partial charge in [0.2, 0.25) is 0 Å². The quantitative estimate of drug-likeness (QED) is 0.0264. The second-order valence-corrected chi connectivity index (χ2v) is 17.5. The van der Waals surface area contributed by atoms with Gasteiger partial charge in [0.15, 0.2) is 0 Å². The Bertz CT molecular complexity index is 1650. The maximum atomic E-state index is 10.9. The first kappa shape index (κ1) is 57.7. The Labute approximate surface area is 398 Å². The SMILES string of the molecule is CCCCCCCCCCCCCCCCCCCCCC#CC(=Nc1ccc(CCCC)cc1)C(CCCCC)=Nc1ccc(CCCC)cc1.CCc1cccc([O-])c1[O-].[Ni+2]. The first-order valence-electron chi connectivity index (χ1n) is 25.7. The molecule has 0 bridgehead atoms. The molecule has 0 spiro atoms. The van der Waals surface area contributed by atoms with Crippen LogP contribution >= 0.6 is 0 Å². The van der Waals surface area contributed by atoms with Gasteiger partial charge in [-0.25, -0.2) is 4.99 Å². The third-order valence-corrected chi connectivity index (χ3v) is 11.9. The van der Waals surface area contributed by atoms with E-state index in [1.54, 1.807) is 12.1 Å². The van der Waals surface area contributed by atoms with Gasteiger partial charge < -0.3 is 10.2 Å². The summed E-state index contributed by atoms with van der Waals surface area (Å²) >= 11 is 0. The van der Waals surface area contributed by atoms with Crippen molar-refractivity contribution in [3.63, 3.8) is 0 Å². The van der Waals surface area contributed by atoms with Gasteiger partial charge >= 0.3 is 16.5 Å². The van der Waals surface area contributed by atoms with E-state index in [1.165, 1.54) is 178 Å². The standard InChI is InChI=1S/C50H80N2.C8H10O2.Ni/c1-5-9-13-14-15-16-17-18-19-20-21-22-23-24-25-26-27-28-29-30-32-36-50(52-48-43-39-46(40-44-48)34-12-8-4)49(35-31-10-6-2)51-47-41-37-45(38-42-47)33-11-7-3;1-2-6-4-3-5-7(9)8(6)10;/h37-44H,5-31,33-35H2,1-4H3;3-5,9-10H,2H2,1H3;/q;;+2/p-2. The summed E-state index contributed by atoms with van der Waals surface area (Å²) in [6.07, 6.45) is 39.9. The molecular weight excluding hydrogens is 815 g/mol. The van der Waals surface area contributed by atoms with Crippen molar-refractivity contribution in [2.45, 2.75) is 234 Å². The fourth-order valence-electron chi connectivity index (χ4n) is 7.73. The summed E-state index contributed by atoms with van der Waals surface area (Å²) in [5.74, 6) is 6.30. The molecular formula is C58H88N2NiO2. The minimum atomic E-state index is -0.403. The number of rotatable bonds is 33. The topological polar surface area (TPSA) is 70.8 Å². The molecule has 4 nitrogen and oxygen atoms in total. The Hall–Kier alpha value is -3.35. The predicted octanol–water partition coefficient (Wildman–Crippen LogP) is 17.0. The second kappa shape index (κ2) is 40.2. The zero-order valence-corrected chi connectivity index (χ0v) is 41.8. The van der Waals surface area contributed by atoms with Gasteiger partial charge in [0.1, 0.15) is 5.71 Å². The van der Waals surface area contributed by atoms with E-state index in [2.05, 4.69) is 88.1 Å². The summed E-state index contributed by atoms with van der Waals surface area (Å²) in [5.41, 5.74) is 7.26. The Balaban J connectivity index is 0.00000158. The van der Waals surface area contributed by atoms with Crippen molar-refractivity contribution in [3.8, 4) is 23.3 Å². The molecule has 3 aromatic rings. The maximum absolute atomic E-state index is 10.9. The Morgan fingerprint density at radius 1 is 0.460 bits per heavy atom. The molecule has 0 amide bonds.